The Bertz CT molecular complexity index is 485. The van der Waals surface area contributed by atoms with Gasteiger partial charge in [0.15, 0.2) is 5.13 Å². The molecule has 0 fully saturated rings. The highest BCUT2D eigenvalue weighted by Gasteiger charge is 2.06. The molecule has 0 aliphatic carbocycles. The molecule has 0 unspecified atom stereocenters. The van der Waals surface area contributed by atoms with E-state index in [9.17, 15) is 0 Å². The first-order valence-electron chi connectivity index (χ1n) is 4.55. The third-order valence-corrected chi connectivity index (χ3v) is 3.36. The van der Waals surface area contributed by atoms with Gasteiger partial charge in [0.2, 0.25) is 5.95 Å². The molecule has 7 heteroatoms. The Morgan fingerprint density at radius 1 is 1.31 bits per heavy atom. The fraction of sp³-hybridized carbons (Fsp3) is 0.222. The average molecular weight is 300 g/mol. The molecule has 84 valence electrons. The standard InChI is InChI=1S/C9H10BrN5S/c1-4-5(2)16-9(12-4)15-8-13-6(10)3-7(11)14-8/h3H,1-2H3,(H3,11,12,13,14,15). The van der Waals surface area contributed by atoms with E-state index in [-0.39, 0.29) is 0 Å². The van der Waals surface area contributed by atoms with Gasteiger partial charge in [-0.1, -0.05) is 0 Å². The van der Waals surface area contributed by atoms with Gasteiger partial charge in [0.05, 0.1) is 5.69 Å². The molecule has 0 aliphatic rings. The molecular weight excluding hydrogens is 290 g/mol. The second-order valence-electron chi connectivity index (χ2n) is 3.22. The number of nitrogen functional groups attached to an aromatic ring is 1. The lowest BCUT2D eigenvalue weighted by Gasteiger charge is -2.01. The lowest BCUT2D eigenvalue weighted by atomic mass is 10.4. The molecule has 0 radical (unpaired) electrons. The van der Waals surface area contributed by atoms with Crippen LogP contribution in [-0.2, 0) is 0 Å². The van der Waals surface area contributed by atoms with Crippen LogP contribution in [0, 0.1) is 13.8 Å². The zero-order chi connectivity index (χ0) is 11.7. The van der Waals surface area contributed by atoms with Crippen molar-refractivity contribution in [3.63, 3.8) is 0 Å². The Hall–Kier alpha value is -1.21. The molecular formula is C9H10BrN5S. The van der Waals surface area contributed by atoms with Crippen molar-refractivity contribution in [2.24, 2.45) is 0 Å². The van der Waals surface area contributed by atoms with Crippen molar-refractivity contribution < 1.29 is 0 Å². The first kappa shape index (κ1) is 11.3. The summed E-state index contributed by atoms with van der Waals surface area (Å²) < 4.78 is 0.646. The van der Waals surface area contributed by atoms with Crippen molar-refractivity contribution in [3.05, 3.63) is 21.2 Å². The normalized spacial score (nSPS) is 10.4. The lowest BCUT2D eigenvalue weighted by molar-refractivity contribution is 1.13. The summed E-state index contributed by atoms with van der Waals surface area (Å²) >= 11 is 4.82. The SMILES string of the molecule is Cc1nc(Nc2nc(N)cc(Br)n2)sc1C. The summed E-state index contributed by atoms with van der Waals surface area (Å²) in [5.41, 5.74) is 6.62. The maximum atomic E-state index is 5.61. The van der Waals surface area contributed by atoms with Crippen molar-refractivity contribution in [1.82, 2.24) is 15.0 Å². The second-order valence-corrected chi connectivity index (χ2v) is 5.24. The predicted octanol–water partition coefficient (Wildman–Crippen LogP) is 2.64. The van der Waals surface area contributed by atoms with Gasteiger partial charge in [0, 0.05) is 10.9 Å². The highest BCUT2D eigenvalue weighted by Crippen LogP contribution is 2.24. The Morgan fingerprint density at radius 3 is 2.62 bits per heavy atom. The lowest BCUT2D eigenvalue weighted by Crippen LogP contribution is -2.00. The molecule has 2 heterocycles. The molecule has 0 saturated carbocycles. The number of hydrogen-bond acceptors (Lipinski definition) is 6. The van der Waals surface area contributed by atoms with Gasteiger partial charge >= 0.3 is 0 Å². The van der Waals surface area contributed by atoms with Crippen LogP contribution in [0.3, 0.4) is 0 Å². The van der Waals surface area contributed by atoms with Gasteiger partial charge in [-0.25, -0.2) is 9.97 Å². The number of nitrogens with zero attached hydrogens (tertiary/aromatic N) is 3. The molecule has 0 aliphatic heterocycles. The molecule has 0 saturated heterocycles. The van der Waals surface area contributed by atoms with Crippen LogP contribution in [0.25, 0.3) is 0 Å². The van der Waals surface area contributed by atoms with Crippen LogP contribution < -0.4 is 11.1 Å². The van der Waals surface area contributed by atoms with Gasteiger partial charge in [0.25, 0.3) is 0 Å². The van der Waals surface area contributed by atoms with E-state index in [0.29, 0.717) is 16.4 Å². The van der Waals surface area contributed by atoms with Gasteiger partial charge in [-0.3, -0.25) is 5.32 Å². The summed E-state index contributed by atoms with van der Waals surface area (Å²) in [5.74, 6) is 0.856. The van der Waals surface area contributed by atoms with E-state index in [0.717, 1.165) is 10.8 Å². The highest BCUT2D eigenvalue weighted by molar-refractivity contribution is 9.10. The number of thiazole rings is 1. The van der Waals surface area contributed by atoms with E-state index >= 15 is 0 Å². The van der Waals surface area contributed by atoms with Crippen LogP contribution in [0.1, 0.15) is 10.6 Å². The zero-order valence-corrected chi connectivity index (χ0v) is 11.2. The summed E-state index contributed by atoms with van der Waals surface area (Å²) in [6.45, 7) is 3.99. The van der Waals surface area contributed by atoms with Crippen LogP contribution in [0.4, 0.5) is 16.9 Å². The van der Waals surface area contributed by atoms with Crippen LogP contribution in [0.15, 0.2) is 10.7 Å². The third-order valence-electron chi connectivity index (χ3n) is 1.96. The number of aryl methyl sites for hydroxylation is 2. The summed E-state index contributed by atoms with van der Waals surface area (Å²) in [5, 5.41) is 3.79. The summed E-state index contributed by atoms with van der Waals surface area (Å²) in [6.07, 6.45) is 0. The van der Waals surface area contributed by atoms with Gasteiger partial charge in [-0.2, -0.15) is 4.98 Å². The van der Waals surface area contributed by atoms with Gasteiger partial charge in [-0.05, 0) is 29.8 Å². The summed E-state index contributed by atoms with van der Waals surface area (Å²) in [6, 6.07) is 1.64. The largest absolute Gasteiger partial charge is 0.383 e. The quantitative estimate of drug-likeness (QED) is 0.834. The molecule has 0 bridgehead atoms. The molecule has 3 N–H and O–H groups in total. The molecule has 0 amide bonds. The molecule has 0 spiro atoms. The smallest absolute Gasteiger partial charge is 0.232 e. The number of rotatable bonds is 2. The number of nitrogens with one attached hydrogen (secondary N) is 1. The minimum absolute atomic E-state index is 0.411. The van der Waals surface area contributed by atoms with Crippen molar-refractivity contribution in [1.29, 1.82) is 0 Å². The van der Waals surface area contributed by atoms with E-state index in [1.54, 1.807) is 17.4 Å². The van der Waals surface area contributed by atoms with E-state index in [1.807, 2.05) is 13.8 Å². The van der Waals surface area contributed by atoms with Crippen molar-refractivity contribution >= 4 is 44.2 Å². The minimum atomic E-state index is 0.411. The Balaban J connectivity index is 2.26. The number of nitrogens with two attached hydrogens (primary N) is 1. The van der Waals surface area contributed by atoms with E-state index in [4.69, 9.17) is 5.73 Å². The van der Waals surface area contributed by atoms with E-state index in [1.165, 1.54) is 4.88 Å². The first-order valence-corrected chi connectivity index (χ1v) is 6.16. The van der Waals surface area contributed by atoms with E-state index in [2.05, 4.69) is 36.2 Å². The minimum Gasteiger partial charge on any atom is -0.383 e. The summed E-state index contributed by atoms with van der Waals surface area (Å²) in [4.78, 5) is 13.7. The Labute approximate surface area is 105 Å². The fourth-order valence-corrected chi connectivity index (χ4v) is 2.32. The van der Waals surface area contributed by atoms with Gasteiger partial charge < -0.3 is 5.73 Å². The molecule has 0 atom stereocenters. The first-order chi connectivity index (χ1) is 7.54. The molecule has 5 nitrogen and oxygen atoms in total. The van der Waals surface area contributed by atoms with Gasteiger partial charge in [-0.15, -0.1) is 11.3 Å². The number of halogens is 1. The second kappa shape index (κ2) is 4.34. The van der Waals surface area contributed by atoms with Crippen LogP contribution >= 0.6 is 27.3 Å². The number of hydrogen-bond donors (Lipinski definition) is 2. The molecule has 0 aromatic carbocycles. The number of anilines is 3. The average Bonchev–Trinajstić information content (AvgIpc) is 2.43. The summed E-state index contributed by atoms with van der Waals surface area (Å²) in [7, 11) is 0. The molecule has 2 aromatic heterocycles. The molecule has 2 aromatic rings. The van der Waals surface area contributed by atoms with Crippen molar-refractivity contribution in [2.75, 3.05) is 11.1 Å². The van der Waals surface area contributed by atoms with Gasteiger partial charge in [0.1, 0.15) is 10.4 Å². The maximum Gasteiger partial charge on any atom is 0.232 e. The fourth-order valence-electron chi connectivity index (χ4n) is 1.11. The van der Waals surface area contributed by atoms with Crippen LogP contribution in [0.2, 0.25) is 0 Å². The topological polar surface area (TPSA) is 76.7 Å². The maximum absolute atomic E-state index is 5.61. The molecule has 2 rings (SSSR count). The third kappa shape index (κ3) is 2.48. The van der Waals surface area contributed by atoms with Crippen molar-refractivity contribution in [3.8, 4) is 0 Å². The van der Waals surface area contributed by atoms with E-state index < -0.39 is 0 Å². The highest BCUT2D eigenvalue weighted by atomic mass is 79.9. The predicted molar refractivity (Wildman–Crippen MR) is 69.0 cm³/mol. The zero-order valence-electron chi connectivity index (χ0n) is 8.78. The molecule has 16 heavy (non-hydrogen) atoms. The van der Waals surface area contributed by atoms with Crippen LogP contribution in [-0.4, -0.2) is 15.0 Å². The Kier molecular flexibility index (Phi) is 3.06. The van der Waals surface area contributed by atoms with Crippen molar-refractivity contribution in [2.45, 2.75) is 13.8 Å². The van der Waals surface area contributed by atoms with Crippen LogP contribution in [0.5, 0.6) is 0 Å². The monoisotopic (exact) mass is 299 g/mol. The Morgan fingerprint density at radius 2 is 2.06 bits per heavy atom. The number of aromatic nitrogens is 3.